The highest BCUT2D eigenvalue weighted by atomic mass is 35.5. The molecule has 0 aromatic heterocycles. The number of rotatable bonds is 5. The van der Waals surface area contributed by atoms with Crippen molar-refractivity contribution < 1.29 is 43.2 Å². The van der Waals surface area contributed by atoms with Gasteiger partial charge in [-0.05, 0) is 38.5 Å². The van der Waals surface area contributed by atoms with E-state index in [1.165, 1.54) is 26.0 Å². The first-order valence-electron chi connectivity index (χ1n) is 10.1. The van der Waals surface area contributed by atoms with Gasteiger partial charge in [0, 0.05) is 25.0 Å². The topological polar surface area (TPSA) is 125 Å². The molecular weight excluding hydrogens is 444 g/mol. The second-order valence-corrected chi connectivity index (χ2v) is 8.61. The lowest BCUT2D eigenvalue weighted by molar-refractivity contribution is -0.163. The number of aliphatic hydroxyl groups is 1. The zero-order valence-electron chi connectivity index (χ0n) is 18.2. The monoisotopic (exact) mass is 468 g/mol. The van der Waals surface area contributed by atoms with Gasteiger partial charge in [0.25, 0.3) is 0 Å². The molecular formula is C22H25ClO9. The summed E-state index contributed by atoms with van der Waals surface area (Å²) in [6, 6.07) is 0. The largest absolute Gasteiger partial charge is 0.479 e. The van der Waals surface area contributed by atoms with E-state index in [9.17, 15) is 24.3 Å². The Hall–Kier alpha value is -2.65. The predicted octanol–water partition coefficient (Wildman–Crippen LogP) is 1.51. The Kier molecular flexibility index (Phi) is 6.53. The van der Waals surface area contributed by atoms with Crippen LogP contribution in [0, 0.1) is 5.92 Å². The van der Waals surface area contributed by atoms with E-state index in [0.717, 1.165) is 0 Å². The number of alkyl halides is 1. The average molecular weight is 469 g/mol. The molecule has 1 N–H and O–H groups in total. The van der Waals surface area contributed by atoms with E-state index in [2.05, 4.69) is 0 Å². The van der Waals surface area contributed by atoms with Gasteiger partial charge in [-0.1, -0.05) is 0 Å². The van der Waals surface area contributed by atoms with Crippen molar-refractivity contribution in [1.82, 2.24) is 0 Å². The highest BCUT2D eigenvalue weighted by molar-refractivity contribution is 6.20. The normalized spacial score (nSPS) is 34.2. The lowest BCUT2D eigenvalue weighted by Gasteiger charge is -2.35. The number of ketones is 1. The molecule has 0 amide bonds. The van der Waals surface area contributed by atoms with E-state index in [1.54, 1.807) is 19.9 Å². The van der Waals surface area contributed by atoms with Gasteiger partial charge in [0.1, 0.15) is 24.6 Å². The summed E-state index contributed by atoms with van der Waals surface area (Å²) in [5.41, 5.74) is -2.84. The Morgan fingerprint density at radius 1 is 1.34 bits per heavy atom. The third-order valence-electron chi connectivity index (χ3n) is 5.88. The molecule has 9 nitrogen and oxygen atoms in total. The van der Waals surface area contributed by atoms with Crippen LogP contribution in [0.4, 0.5) is 0 Å². The van der Waals surface area contributed by atoms with Gasteiger partial charge >= 0.3 is 17.9 Å². The maximum Gasteiger partial charge on any atom is 0.340 e. The number of hydrogen-bond donors (Lipinski definition) is 1. The Bertz CT molecular complexity index is 949. The molecule has 0 saturated carbocycles. The first kappa shape index (κ1) is 24.0. The van der Waals surface area contributed by atoms with E-state index in [-0.39, 0.29) is 24.4 Å². The maximum absolute atomic E-state index is 12.8. The van der Waals surface area contributed by atoms with Gasteiger partial charge in [0.2, 0.25) is 5.78 Å². The van der Waals surface area contributed by atoms with Gasteiger partial charge in [-0.2, -0.15) is 0 Å². The fraction of sp³-hybridized carbons (Fsp3) is 0.545. The summed E-state index contributed by atoms with van der Waals surface area (Å²) in [4.78, 5) is 48.9. The van der Waals surface area contributed by atoms with Gasteiger partial charge in [-0.3, -0.25) is 9.59 Å². The molecule has 0 aromatic carbocycles. The van der Waals surface area contributed by atoms with E-state index >= 15 is 0 Å². The van der Waals surface area contributed by atoms with Crippen LogP contribution in [0.1, 0.15) is 34.1 Å². The molecule has 3 heterocycles. The summed E-state index contributed by atoms with van der Waals surface area (Å²) >= 11 is 5.96. The van der Waals surface area contributed by atoms with Crippen molar-refractivity contribution >= 4 is 35.3 Å². The Morgan fingerprint density at radius 3 is 2.66 bits per heavy atom. The molecule has 0 aliphatic carbocycles. The molecule has 0 spiro atoms. The number of fused-ring (bicyclic) bond motifs is 3. The predicted molar refractivity (Wildman–Crippen MR) is 110 cm³/mol. The standard InChI is InChI=1S/C22H25ClO9/c1-11(5-6-29-13(3)24)19(26)30-16-9-21(4)17(25)8-14(32-21)12(2)7-15-18(16)22(28,10-23)20(27)31-15/h5,7-8,15-16,18,28H,6,9-10H2,1-4H3. The van der Waals surface area contributed by atoms with Crippen molar-refractivity contribution in [2.24, 2.45) is 5.92 Å². The van der Waals surface area contributed by atoms with Gasteiger partial charge in [-0.15, -0.1) is 11.6 Å². The second-order valence-electron chi connectivity index (χ2n) is 8.35. The van der Waals surface area contributed by atoms with E-state index in [1.807, 2.05) is 0 Å². The van der Waals surface area contributed by atoms with Gasteiger partial charge < -0.3 is 24.1 Å². The highest BCUT2D eigenvalue weighted by Crippen LogP contribution is 2.45. The molecule has 5 unspecified atom stereocenters. The zero-order valence-corrected chi connectivity index (χ0v) is 18.9. The van der Waals surface area contributed by atoms with Gasteiger partial charge in [0.05, 0.1) is 11.8 Å². The Balaban J connectivity index is 1.99. The molecule has 0 aromatic rings. The number of carbonyl (C=O) groups is 4. The zero-order chi connectivity index (χ0) is 23.8. The molecule has 1 saturated heterocycles. The van der Waals surface area contributed by atoms with Crippen LogP contribution in [0.3, 0.4) is 0 Å². The lowest BCUT2D eigenvalue weighted by atomic mass is 9.77. The molecule has 5 atom stereocenters. The first-order chi connectivity index (χ1) is 14.9. The summed E-state index contributed by atoms with van der Waals surface area (Å²) in [6.45, 7) is 5.80. The fourth-order valence-electron chi connectivity index (χ4n) is 3.99. The molecule has 32 heavy (non-hydrogen) atoms. The minimum Gasteiger partial charge on any atom is -0.479 e. The average Bonchev–Trinajstić information content (AvgIpc) is 3.14. The van der Waals surface area contributed by atoms with E-state index < -0.39 is 53.1 Å². The molecule has 0 radical (unpaired) electrons. The lowest BCUT2D eigenvalue weighted by Crippen LogP contribution is -2.52. The van der Waals surface area contributed by atoms with Crippen LogP contribution in [0.25, 0.3) is 0 Å². The molecule has 10 heteroatoms. The Labute approximate surface area is 190 Å². The van der Waals surface area contributed by atoms with Crippen LogP contribution >= 0.6 is 11.6 Å². The van der Waals surface area contributed by atoms with E-state index in [4.69, 9.17) is 30.5 Å². The third kappa shape index (κ3) is 4.31. The van der Waals surface area contributed by atoms with E-state index in [0.29, 0.717) is 11.3 Å². The van der Waals surface area contributed by atoms with Gasteiger partial charge in [0.15, 0.2) is 11.2 Å². The van der Waals surface area contributed by atoms with Crippen molar-refractivity contribution in [1.29, 1.82) is 0 Å². The summed E-state index contributed by atoms with van der Waals surface area (Å²) in [7, 11) is 0. The minimum atomic E-state index is -2.14. The summed E-state index contributed by atoms with van der Waals surface area (Å²) in [5, 5.41) is 11.1. The van der Waals surface area contributed by atoms with Crippen LogP contribution < -0.4 is 0 Å². The number of hydrogen-bond acceptors (Lipinski definition) is 9. The van der Waals surface area contributed by atoms with Crippen molar-refractivity contribution in [2.75, 3.05) is 12.5 Å². The highest BCUT2D eigenvalue weighted by Gasteiger charge is 2.62. The molecule has 174 valence electrons. The van der Waals surface area contributed by atoms with Crippen molar-refractivity contribution in [2.45, 2.75) is 57.5 Å². The van der Waals surface area contributed by atoms with Crippen LogP contribution in [0.2, 0.25) is 0 Å². The van der Waals surface area contributed by atoms with Crippen LogP contribution in [-0.2, 0) is 38.1 Å². The number of allylic oxidation sites excluding steroid dienone is 1. The quantitative estimate of drug-likeness (QED) is 0.276. The molecule has 3 aliphatic heterocycles. The smallest absolute Gasteiger partial charge is 0.340 e. The summed E-state index contributed by atoms with van der Waals surface area (Å²) in [6.07, 6.45) is 1.99. The first-order valence-corrected chi connectivity index (χ1v) is 10.6. The minimum absolute atomic E-state index is 0.130. The number of carbonyl (C=O) groups excluding carboxylic acids is 4. The van der Waals surface area contributed by atoms with Crippen molar-refractivity contribution in [3.63, 3.8) is 0 Å². The summed E-state index contributed by atoms with van der Waals surface area (Å²) < 4.78 is 21.7. The van der Waals surface area contributed by atoms with Crippen LogP contribution in [-0.4, -0.2) is 64.7 Å². The molecule has 3 aliphatic rings. The molecule has 3 rings (SSSR count). The van der Waals surface area contributed by atoms with Crippen molar-refractivity contribution in [3.8, 4) is 0 Å². The van der Waals surface area contributed by atoms with Crippen molar-refractivity contribution in [3.05, 3.63) is 35.1 Å². The molecule has 2 bridgehead atoms. The van der Waals surface area contributed by atoms with Gasteiger partial charge in [-0.25, -0.2) is 9.59 Å². The maximum atomic E-state index is 12.8. The molecule has 1 fully saturated rings. The number of esters is 3. The number of halogens is 1. The SMILES string of the molecule is CC(=O)OCC=C(C)C(=O)OC1CC2(C)OC(=CC2=O)C(C)=CC2OC(=O)C(O)(CCl)C21. The third-order valence-corrected chi connectivity index (χ3v) is 6.28. The Morgan fingerprint density at radius 2 is 2.03 bits per heavy atom. The fourth-order valence-corrected chi connectivity index (χ4v) is 4.28. The second kappa shape index (κ2) is 8.71. The number of ether oxygens (including phenoxy) is 4. The van der Waals surface area contributed by atoms with Crippen LogP contribution in [0.15, 0.2) is 35.1 Å². The van der Waals surface area contributed by atoms with Crippen LogP contribution in [0.5, 0.6) is 0 Å². The summed E-state index contributed by atoms with van der Waals surface area (Å²) in [5.74, 6) is -3.82.